The molecule has 1 N–H and O–H groups in total. The fourth-order valence-corrected chi connectivity index (χ4v) is 3.93. The zero-order valence-electron chi connectivity index (χ0n) is 16.4. The molecule has 2 aromatic carbocycles. The number of ether oxygens (including phenoxy) is 1. The first-order chi connectivity index (χ1) is 15.1. The number of nitrogens with zero attached hydrogens (tertiary/aromatic N) is 5. The number of amides is 1. The van der Waals surface area contributed by atoms with Crippen molar-refractivity contribution in [2.24, 2.45) is 0 Å². The third-order valence-corrected chi connectivity index (χ3v) is 5.78. The molecule has 31 heavy (non-hydrogen) atoms. The second-order valence-corrected chi connectivity index (χ2v) is 8.20. The highest BCUT2D eigenvalue weighted by molar-refractivity contribution is 7.10. The van der Waals surface area contributed by atoms with E-state index in [0.717, 1.165) is 35.8 Å². The van der Waals surface area contributed by atoms with Crippen molar-refractivity contribution in [3.63, 3.8) is 0 Å². The molecule has 0 atom stereocenters. The van der Waals surface area contributed by atoms with E-state index in [2.05, 4.69) is 24.8 Å². The molecule has 1 amide bonds. The number of rotatable bonds is 6. The third kappa shape index (κ3) is 4.01. The second-order valence-electron chi connectivity index (χ2n) is 7.04. The summed E-state index contributed by atoms with van der Waals surface area (Å²) in [5.41, 5.74) is 1.50. The maximum absolute atomic E-state index is 12.8. The number of nitrogens with one attached hydrogen (secondary N) is 1. The summed E-state index contributed by atoms with van der Waals surface area (Å²) in [6.07, 6.45) is 2.04. The van der Waals surface area contributed by atoms with E-state index in [4.69, 9.17) is 16.3 Å². The molecule has 1 aliphatic rings. The van der Waals surface area contributed by atoms with Gasteiger partial charge in [-0.2, -0.15) is 9.36 Å². The summed E-state index contributed by atoms with van der Waals surface area (Å²) in [5.74, 6) is 1.87. The van der Waals surface area contributed by atoms with Gasteiger partial charge in [-0.15, -0.1) is 5.10 Å². The first kappa shape index (κ1) is 19.7. The Labute approximate surface area is 187 Å². The topological polar surface area (TPSA) is 94.8 Å². The van der Waals surface area contributed by atoms with Crippen LogP contribution in [0.3, 0.4) is 0 Å². The van der Waals surface area contributed by atoms with Crippen LogP contribution >= 0.6 is 23.1 Å². The van der Waals surface area contributed by atoms with E-state index in [1.54, 1.807) is 17.9 Å². The van der Waals surface area contributed by atoms with Crippen molar-refractivity contribution < 1.29 is 9.53 Å². The lowest BCUT2D eigenvalue weighted by Gasteiger charge is -2.06. The fourth-order valence-electron chi connectivity index (χ4n) is 3.13. The van der Waals surface area contributed by atoms with Gasteiger partial charge in [0.05, 0.1) is 17.8 Å². The van der Waals surface area contributed by atoms with Crippen molar-refractivity contribution in [3.05, 3.63) is 65.2 Å². The highest BCUT2D eigenvalue weighted by Crippen LogP contribution is 2.40. The van der Waals surface area contributed by atoms with Crippen LogP contribution in [0.2, 0.25) is 5.02 Å². The zero-order valence-corrected chi connectivity index (χ0v) is 18.0. The molecule has 4 aromatic rings. The van der Waals surface area contributed by atoms with Crippen molar-refractivity contribution in [3.8, 4) is 22.8 Å². The molecule has 1 saturated carbocycles. The van der Waals surface area contributed by atoms with E-state index in [1.807, 2.05) is 42.5 Å². The van der Waals surface area contributed by atoms with Gasteiger partial charge in [0.15, 0.2) is 5.82 Å². The van der Waals surface area contributed by atoms with Crippen molar-refractivity contribution >= 4 is 34.2 Å². The number of hydrogen-bond donors (Lipinski definition) is 1. The monoisotopic (exact) mass is 452 g/mol. The predicted molar refractivity (Wildman–Crippen MR) is 118 cm³/mol. The van der Waals surface area contributed by atoms with Crippen molar-refractivity contribution in [1.29, 1.82) is 0 Å². The van der Waals surface area contributed by atoms with Crippen LogP contribution in [-0.4, -0.2) is 37.1 Å². The third-order valence-electron chi connectivity index (χ3n) is 4.83. The van der Waals surface area contributed by atoms with Gasteiger partial charge in [0.1, 0.15) is 11.6 Å². The highest BCUT2D eigenvalue weighted by Gasteiger charge is 2.32. The molecule has 10 heteroatoms. The van der Waals surface area contributed by atoms with Crippen LogP contribution in [0, 0.1) is 0 Å². The van der Waals surface area contributed by atoms with E-state index >= 15 is 0 Å². The van der Waals surface area contributed by atoms with Crippen LogP contribution in [0.5, 0.6) is 5.75 Å². The minimum Gasteiger partial charge on any atom is -0.497 e. The number of hydrogen-bond acceptors (Lipinski definition) is 7. The number of benzene rings is 2. The van der Waals surface area contributed by atoms with E-state index < -0.39 is 5.91 Å². The molecule has 0 saturated heterocycles. The number of anilines is 1. The van der Waals surface area contributed by atoms with Gasteiger partial charge in [0.2, 0.25) is 11.0 Å². The van der Waals surface area contributed by atoms with Crippen LogP contribution in [0.15, 0.2) is 48.5 Å². The predicted octanol–water partition coefficient (Wildman–Crippen LogP) is 4.58. The molecule has 0 spiro atoms. The molecule has 1 aliphatic carbocycles. The van der Waals surface area contributed by atoms with Crippen molar-refractivity contribution in [2.45, 2.75) is 18.8 Å². The molecule has 2 heterocycles. The molecule has 5 rings (SSSR count). The van der Waals surface area contributed by atoms with Gasteiger partial charge in [-0.05, 0) is 37.1 Å². The zero-order chi connectivity index (χ0) is 21.4. The lowest BCUT2D eigenvalue weighted by Crippen LogP contribution is -2.14. The van der Waals surface area contributed by atoms with Gasteiger partial charge in [0, 0.05) is 23.0 Å². The van der Waals surface area contributed by atoms with Crippen LogP contribution in [0.25, 0.3) is 17.1 Å². The van der Waals surface area contributed by atoms with Gasteiger partial charge in [-0.3, -0.25) is 10.1 Å². The minimum atomic E-state index is -0.443. The second kappa shape index (κ2) is 8.09. The van der Waals surface area contributed by atoms with E-state index in [9.17, 15) is 4.79 Å². The summed E-state index contributed by atoms with van der Waals surface area (Å²) in [7, 11) is 1.60. The average molecular weight is 453 g/mol. The average Bonchev–Trinajstić information content (AvgIpc) is 3.36. The molecule has 2 aromatic heterocycles. The quantitative estimate of drug-likeness (QED) is 0.460. The van der Waals surface area contributed by atoms with E-state index in [1.165, 1.54) is 0 Å². The molecule has 8 nitrogen and oxygen atoms in total. The van der Waals surface area contributed by atoms with Gasteiger partial charge in [0.25, 0.3) is 5.91 Å². The number of carbonyl (C=O) groups is 1. The number of carbonyl (C=O) groups excluding carboxylic acids is 1. The fraction of sp³-hybridized carbons (Fsp3) is 0.190. The molecule has 0 radical (unpaired) electrons. The molecule has 0 unspecified atom stereocenters. The van der Waals surface area contributed by atoms with Crippen LogP contribution in [0.4, 0.5) is 5.13 Å². The normalized spacial score (nSPS) is 13.2. The molecule has 1 fully saturated rings. The standard InChI is InChI=1S/C21H17ClN6O2S/c1-30-14-6-4-5-13(11-14)17-24-21(31-27-17)25-20(29)18-23-19(12-9-10-12)28(26-18)16-8-3-2-7-15(16)22/h2-8,11-12H,9-10H2,1H3,(H,24,25,27,29). The Hall–Kier alpha value is -3.30. The molecular weight excluding hydrogens is 436 g/mol. The Bertz CT molecular complexity index is 1270. The van der Waals surface area contributed by atoms with Crippen LogP contribution < -0.4 is 10.1 Å². The SMILES string of the molecule is COc1cccc(-c2nsc(NC(=O)c3nc(C4CC4)n(-c4ccccc4Cl)n3)n2)c1. The van der Waals surface area contributed by atoms with Gasteiger partial charge in [-0.1, -0.05) is 35.9 Å². The van der Waals surface area contributed by atoms with Crippen LogP contribution in [-0.2, 0) is 0 Å². The highest BCUT2D eigenvalue weighted by atomic mass is 35.5. The molecule has 0 bridgehead atoms. The van der Waals surface area contributed by atoms with Crippen LogP contribution in [0.1, 0.15) is 35.2 Å². The maximum atomic E-state index is 12.8. The summed E-state index contributed by atoms with van der Waals surface area (Å²) in [4.78, 5) is 21.7. The first-order valence-corrected chi connectivity index (χ1v) is 10.8. The van der Waals surface area contributed by atoms with E-state index in [0.29, 0.717) is 27.4 Å². The smallest absolute Gasteiger partial charge is 0.297 e. The van der Waals surface area contributed by atoms with Crippen molar-refractivity contribution in [2.75, 3.05) is 12.4 Å². The summed E-state index contributed by atoms with van der Waals surface area (Å²) in [6.45, 7) is 0. The Morgan fingerprint density at radius 3 is 2.81 bits per heavy atom. The van der Waals surface area contributed by atoms with Crippen molar-refractivity contribution in [1.82, 2.24) is 24.1 Å². The Morgan fingerprint density at radius 1 is 1.19 bits per heavy atom. The summed E-state index contributed by atoms with van der Waals surface area (Å²) < 4.78 is 11.2. The van der Waals surface area contributed by atoms with Gasteiger partial charge >= 0.3 is 0 Å². The number of halogens is 1. The Morgan fingerprint density at radius 2 is 2.03 bits per heavy atom. The summed E-state index contributed by atoms with van der Waals surface area (Å²) >= 11 is 7.43. The molecule has 156 valence electrons. The van der Waals surface area contributed by atoms with Gasteiger partial charge < -0.3 is 4.74 Å². The lowest BCUT2D eigenvalue weighted by molar-refractivity contribution is 0.101. The van der Waals surface area contributed by atoms with Gasteiger partial charge in [-0.25, -0.2) is 9.67 Å². The maximum Gasteiger partial charge on any atom is 0.297 e. The Kier molecular flexibility index (Phi) is 5.13. The largest absolute Gasteiger partial charge is 0.497 e. The number of methoxy groups -OCH3 is 1. The Balaban J connectivity index is 1.40. The molecular formula is C21H17ClN6O2S. The molecule has 0 aliphatic heterocycles. The summed E-state index contributed by atoms with van der Waals surface area (Å²) in [5, 5.41) is 8.10. The minimum absolute atomic E-state index is 0.0694. The van der Waals surface area contributed by atoms with E-state index in [-0.39, 0.29) is 11.7 Å². The number of aromatic nitrogens is 5. The summed E-state index contributed by atoms with van der Waals surface area (Å²) in [6, 6.07) is 14.8. The first-order valence-electron chi connectivity index (χ1n) is 9.63. The number of para-hydroxylation sites is 1. The lowest BCUT2D eigenvalue weighted by atomic mass is 10.2.